The Labute approximate surface area is 154 Å². The molecule has 0 bridgehead atoms. The minimum atomic E-state index is -0.638. The van der Waals surface area contributed by atoms with Gasteiger partial charge in [0, 0.05) is 35.4 Å². The van der Waals surface area contributed by atoms with Gasteiger partial charge in [-0.2, -0.15) is 0 Å². The van der Waals surface area contributed by atoms with E-state index in [0.29, 0.717) is 24.3 Å². The van der Waals surface area contributed by atoms with E-state index in [9.17, 15) is 19.7 Å². The van der Waals surface area contributed by atoms with Gasteiger partial charge in [0.2, 0.25) is 5.91 Å². The normalized spacial score (nSPS) is 14.2. The van der Waals surface area contributed by atoms with Crippen LogP contribution in [0.3, 0.4) is 0 Å². The van der Waals surface area contributed by atoms with Crippen molar-refractivity contribution < 1.29 is 14.5 Å². The molecule has 1 saturated heterocycles. The second-order valence-electron chi connectivity index (χ2n) is 5.93. The molecule has 1 aliphatic rings. The maximum Gasteiger partial charge on any atom is 0.282 e. The number of rotatable bonds is 4. The van der Waals surface area contributed by atoms with Crippen LogP contribution in [-0.4, -0.2) is 23.3 Å². The second kappa shape index (κ2) is 7.53. The van der Waals surface area contributed by atoms with Crippen LogP contribution in [0.15, 0.2) is 42.5 Å². The first-order chi connectivity index (χ1) is 12.5. The highest BCUT2D eigenvalue weighted by atomic mass is 35.5. The molecule has 1 aliphatic heterocycles. The average Bonchev–Trinajstić information content (AvgIpc) is 2.62. The molecule has 2 aromatic carbocycles. The molecule has 0 atom stereocenters. The van der Waals surface area contributed by atoms with E-state index in [1.54, 1.807) is 29.2 Å². The van der Waals surface area contributed by atoms with Gasteiger partial charge in [0.15, 0.2) is 0 Å². The number of hydrogen-bond acceptors (Lipinski definition) is 4. The van der Waals surface area contributed by atoms with E-state index < -0.39 is 10.8 Å². The summed E-state index contributed by atoms with van der Waals surface area (Å²) in [5.74, 6) is -0.591. The third-order valence-corrected chi connectivity index (χ3v) is 4.37. The van der Waals surface area contributed by atoms with Gasteiger partial charge in [0.05, 0.1) is 4.92 Å². The lowest BCUT2D eigenvalue weighted by Crippen LogP contribution is -2.35. The largest absolute Gasteiger partial charge is 0.322 e. The number of amides is 2. The van der Waals surface area contributed by atoms with Crippen molar-refractivity contribution in [2.75, 3.05) is 16.8 Å². The van der Waals surface area contributed by atoms with Gasteiger partial charge in [-0.25, -0.2) is 0 Å². The van der Waals surface area contributed by atoms with Crippen LogP contribution >= 0.6 is 11.6 Å². The average molecular weight is 374 g/mol. The van der Waals surface area contributed by atoms with Crippen LogP contribution in [0.25, 0.3) is 0 Å². The molecule has 1 N–H and O–H groups in total. The summed E-state index contributed by atoms with van der Waals surface area (Å²) < 4.78 is 0. The Balaban J connectivity index is 1.84. The van der Waals surface area contributed by atoms with Gasteiger partial charge >= 0.3 is 0 Å². The van der Waals surface area contributed by atoms with Crippen molar-refractivity contribution in [3.63, 3.8) is 0 Å². The van der Waals surface area contributed by atoms with Crippen molar-refractivity contribution in [1.29, 1.82) is 0 Å². The summed E-state index contributed by atoms with van der Waals surface area (Å²) in [7, 11) is 0. The first kappa shape index (κ1) is 17.9. The highest BCUT2D eigenvalue weighted by molar-refractivity contribution is 6.31. The first-order valence-corrected chi connectivity index (χ1v) is 8.49. The zero-order chi connectivity index (χ0) is 18.7. The molecule has 0 aliphatic carbocycles. The smallest absolute Gasteiger partial charge is 0.282 e. The zero-order valence-corrected chi connectivity index (χ0v) is 14.5. The molecule has 1 heterocycles. The Hall–Kier alpha value is -2.93. The van der Waals surface area contributed by atoms with Gasteiger partial charge in [-0.05, 0) is 43.2 Å². The van der Waals surface area contributed by atoms with E-state index >= 15 is 0 Å². The molecule has 8 heteroatoms. The monoisotopic (exact) mass is 373 g/mol. The Morgan fingerprint density at radius 2 is 2.00 bits per heavy atom. The molecule has 0 radical (unpaired) electrons. The molecule has 134 valence electrons. The van der Waals surface area contributed by atoms with E-state index in [-0.39, 0.29) is 22.2 Å². The van der Waals surface area contributed by atoms with Crippen LogP contribution in [-0.2, 0) is 4.79 Å². The number of anilines is 2. The lowest BCUT2D eigenvalue weighted by Gasteiger charge is -2.27. The number of nitro benzene ring substituents is 1. The topological polar surface area (TPSA) is 92.6 Å². The fraction of sp³-hybridized carbons (Fsp3) is 0.222. The number of piperidine rings is 1. The maximum absolute atomic E-state index is 12.5. The van der Waals surface area contributed by atoms with Crippen LogP contribution < -0.4 is 10.2 Å². The van der Waals surface area contributed by atoms with Crippen LogP contribution in [0.5, 0.6) is 0 Å². The fourth-order valence-electron chi connectivity index (χ4n) is 2.88. The van der Waals surface area contributed by atoms with Crippen molar-refractivity contribution in [2.24, 2.45) is 0 Å². The number of benzene rings is 2. The van der Waals surface area contributed by atoms with Gasteiger partial charge in [0.25, 0.3) is 11.6 Å². The van der Waals surface area contributed by atoms with Gasteiger partial charge in [0.1, 0.15) is 5.56 Å². The molecule has 1 fully saturated rings. The predicted octanol–water partition coefficient (Wildman–Crippen LogP) is 4.02. The molecule has 0 unspecified atom stereocenters. The summed E-state index contributed by atoms with van der Waals surface area (Å²) in [6.07, 6.45) is 2.31. The van der Waals surface area contributed by atoms with E-state index in [1.807, 2.05) is 0 Å². The van der Waals surface area contributed by atoms with Gasteiger partial charge in [-0.1, -0.05) is 17.7 Å². The van der Waals surface area contributed by atoms with E-state index in [0.717, 1.165) is 12.8 Å². The number of halogens is 1. The van der Waals surface area contributed by atoms with Crippen molar-refractivity contribution in [2.45, 2.75) is 19.3 Å². The molecule has 0 aromatic heterocycles. The minimum Gasteiger partial charge on any atom is -0.322 e. The van der Waals surface area contributed by atoms with E-state index in [1.165, 1.54) is 18.2 Å². The summed E-state index contributed by atoms with van der Waals surface area (Å²) in [5.41, 5.74) is 0.685. The molecule has 26 heavy (non-hydrogen) atoms. The van der Waals surface area contributed by atoms with Crippen molar-refractivity contribution >= 4 is 40.5 Å². The van der Waals surface area contributed by atoms with Crippen molar-refractivity contribution in [3.8, 4) is 0 Å². The van der Waals surface area contributed by atoms with E-state index in [4.69, 9.17) is 11.6 Å². The molecule has 0 saturated carbocycles. The van der Waals surface area contributed by atoms with Crippen molar-refractivity contribution in [3.05, 3.63) is 63.2 Å². The highest BCUT2D eigenvalue weighted by Crippen LogP contribution is 2.26. The summed E-state index contributed by atoms with van der Waals surface area (Å²) in [4.78, 5) is 36.7. The summed E-state index contributed by atoms with van der Waals surface area (Å²) in [6.45, 7) is 0.635. The summed E-state index contributed by atoms with van der Waals surface area (Å²) in [5, 5.41) is 14.0. The molecule has 7 nitrogen and oxygen atoms in total. The number of nitrogens with zero attached hydrogens (tertiary/aromatic N) is 2. The fourth-order valence-corrected chi connectivity index (χ4v) is 3.05. The number of carbonyl (C=O) groups excluding carboxylic acids is 2. The first-order valence-electron chi connectivity index (χ1n) is 8.11. The van der Waals surface area contributed by atoms with Crippen molar-refractivity contribution in [1.82, 2.24) is 0 Å². The van der Waals surface area contributed by atoms with E-state index in [2.05, 4.69) is 5.32 Å². The van der Waals surface area contributed by atoms with Crippen LogP contribution in [0.1, 0.15) is 29.6 Å². The molecular weight excluding hydrogens is 358 g/mol. The number of nitrogens with one attached hydrogen (secondary N) is 1. The quantitative estimate of drug-likeness (QED) is 0.647. The third-order valence-electron chi connectivity index (χ3n) is 4.14. The predicted molar refractivity (Wildman–Crippen MR) is 98.7 cm³/mol. The maximum atomic E-state index is 12.5. The molecule has 2 amide bonds. The Kier molecular flexibility index (Phi) is 5.18. The Morgan fingerprint density at radius 1 is 1.19 bits per heavy atom. The third kappa shape index (κ3) is 3.83. The van der Waals surface area contributed by atoms with Gasteiger partial charge < -0.3 is 10.2 Å². The highest BCUT2D eigenvalue weighted by Gasteiger charge is 2.22. The van der Waals surface area contributed by atoms with Gasteiger partial charge in [-0.15, -0.1) is 0 Å². The second-order valence-corrected chi connectivity index (χ2v) is 6.36. The lowest BCUT2D eigenvalue weighted by molar-refractivity contribution is -0.385. The number of nitro groups is 1. The lowest BCUT2D eigenvalue weighted by atomic mass is 10.1. The number of carbonyl (C=O) groups is 2. The molecule has 0 spiro atoms. The Morgan fingerprint density at radius 3 is 2.73 bits per heavy atom. The molecular formula is C18H16ClN3O4. The van der Waals surface area contributed by atoms with Gasteiger partial charge in [-0.3, -0.25) is 19.7 Å². The summed E-state index contributed by atoms with van der Waals surface area (Å²) >= 11 is 5.86. The molecule has 3 rings (SSSR count). The standard InChI is InChI=1S/C18H16ClN3O4/c19-12-7-8-16(22(25)26)15(10-12)18(24)20-13-4-3-5-14(11-13)21-9-2-1-6-17(21)23/h3-5,7-8,10-11H,1-2,6,9H2,(H,20,24). The SMILES string of the molecule is O=C(Nc1cccc(N2CCCCC2=O)c1)c1cc(Cl)ccc1[N+](=O)[O-]. The van der Waals surface area contributed by atoms with Crippen LogP contribution in [0.4, 0.5) is 17.1 Å². The number of hydrogen-bond donors (Lipinski definition) is 1. The van der Waals surface area contributed by atoms with Crippen LogP contribution in [0, 0.1) is 10.1 Å². The zero-order valence-electron chi connectivity index (χ0n) is 13.8. The summed E-state index contributed by atoms with van der Waals surface area (Å²) in [6, 6.07) is 10.7. The Bertz CT molecular complexity index is 884. The minimum absolute atomic E-state index is 0.0465. The van der Waals surface area contributed by atoms with Crippen LogP contribution in [0.2, 0.25) is 5.02 Å². The molecule has 2 aromatic rings.